The monoisotopic (exact) mass is 374 g/mol. The first-order valence-corrected chi connectivity index (χ1v) is 7.71. The van der Waals surface area contributed by atoms with E-state index in [0.29, 0.717) is 0 Å². The Balaban J connectivity index is 2.04. The number of thiazole rings is 1. The number of aromatic nitrogens is 1. The lowest BCUT2D eigenvalue weighted by atomic mass is 10.3. The molecule has 90 valence electrons. The van der Waals surface area contributed by atoms with E-state index < -0.39 is 0 Å². The highest BCUT2D eigenvalue weighted by Crippen LogP contribution is 2.27. The van der Waals surface area contributed by atoms with Crippen LogP contribution in [-0.2, 0) is 13.0 Å². The maximum atomic E-state index is 4.34. The van der Waals surface area contributed by atoms with Crippen LogP contribution in [0.5, 0.6) is 0 Å². The molecule has 0 atom stereocenters. The van der Waals surface area contributed by atoms with Crippen molar-refractivity contribution in [2.45, 2.75) is 19.9 Å². The van der Waals surface area contributed by atoms with Crippen molar-refractivity contribution in [3.8, 4) is 0 Å². The topological polar surface area (TPSA) is 24.9 Å². The van der Waals surface area contributed by atoms with Crippen LogP contribution in [0, 0.1) is 0 Å². The van der Waals surface area contributed by atoms with Crippen molar-refractivity contribution in [1.82, 2.24) is 4.98 Å². The van der Waals surface area contributed by atoms with Gasteiger partial charge in [0.2, 0.25) is 0 Å². The molecule has 0 aliphatic rings. The number of benzene rings is 1. The van der Waals surface area contributed by atoms with Gasteiger partial charge < -0.3 is 5.32 Å². The molecule has 0 spiro atoms. The largest absolute Gasteiger partial charge is 0.379 e. The van der Waals surface area contributed by atoms with Gasteiger partial charge in [0, 0.05) is 25.7 Å². The molecule has 0 saturated carbocycles. The van der Waals surface area contributed by atoms with E-state index in [1.165, 1.54) is 9.88 Å². The molecule has 2 rings (SSSR count). The van der Waals surface area contributed by atoms with Gasteiger partial charge in [-0.15, -0.1) is 11.3 Å². The molecule has 0 saturated heterocycles. The van der Waals surface area contributed by atoms with Gasteiger partial charge in [-0.3, -0.25) is 0 Å². The van der Waals surface area contributed by atoms with Crippen LogP contribution in [-0.4, -0.2) is 4.98 Å². The van der Waals surface area contributed by atoms with E-state index in [0.717, 1.165) is 27.6 Å². The Bertz CT molecular complexity index is 511. The van der Waals surface area contributed by atoms with E-state index >= 15 is 0 Å². The molecule has 0 amide bonds. The van der Waals surface area contributed by atoms with E-state index in [1.807, 2.05) is 18.3 Å². The molecule has 2 nitrogen and oxygen atoms in total. The molecule has 0 unspecified atom stereocenters. The number of aryl methyl sites for hydroxylation is 1. The third-order valence-electron chi connectivity index (χ3n) is 2.29. The SMILES string of the molecule is CCc1ncc(CNc2cc(Br)ccc2Br)s1. The quantitative estimate of drug-likeness (QED) is 0.826. The van der Waals surface area contributed by atoms with E-state index in [2.05, 4.69) is 55.2 Å². The number of halogens is 2. The first kappa shape index (κ1) is 13.1. The van der Waals surface area contributed by atoms with Crippen molar-refractivity contribution in [3.63, 3.8) is 0 Å². The summed E-state index contributed by atoms with van der Waals surface area (Å²) >= 11 is 8.76. The van der Waals surface area contributed by atoms with Crippen LogP contribution in [0.3, 0.4) is 0 Å². The fraction of sp³-hybridized carbons (Fsp3) is 0.250. The summed E-state index contributed by atoms with van der Waals surface area (Å²) in [6, 6.07) is 6.10. The lowest BCUT2D eigenvalue weighted by Crippen LogP contribution is -1.98. The Morgan fingerprint density at radius 3 is 2.88 bits per heavy atom. The standard InChI is InChI=1S/C12H12Br2N2S/c1-2-12-16-7-9(17-12)6-15-11-5-8(13)3-4-10(11)14/h3-5,7,15H,2,6H2,1H3. The smallest absolute Gasteiger partial charge is 0.0925 e. The second-order valence-electron chi connectivity index (χ2n) is 3.55. The maximum Gasteiger partial charge on any atom is 0.0925 e. The van der Waals surface area contributed by atoms with Crippen molar-refractivity contribution in [2.75, 3.05) is 5.32 Å². The number of hydrogen-bond acceptors (Lipinski definition) is 3. The number of rotatable bonds is 4. The minimum Gasteiger partial charge on any atom is -0.379 e. The highest BCUT2D eigenvalue weighted by atomic mass is 79.9. The Morgan fingerprint density at radius 1 is 1.35 bits per heavy atom. The van der Waals surface area contributed by atoms with E-state index in [-0.39, 0.29) is 0 Å². The summed E-state index contributed by atoms with van der Waals surface area (Å²) in [5.41, 5.74) is 1.09. The van der Waals surface area contributed by atoms with Gasteiger partial charge in [-0.25, -0.2) is 4.98 Å². The second kappa shape index (κ2) is 5.98. The molecular formula is C12H12Br2N2S. The van der Waals surface area contributed by atoms with Crippen LogP contribution in [0.25, 0.3) is 0 Å². The molecule has 1 heterocycles. The molecule has 1 aromatic heterocycles. The Hall–Kier alpha value is -0.390. The van der Waals surface area contributed by atoms with E-state index in [4.69, 9.17) is 0 Å². The molecule has 0 fully saturated rings. The molecule has 1 aromatic carbocycles. The average Bonchev–Trinajstić information content (AvgIpc) is 2.78. The normalized spacial score (nSPS) is 10.5. The minimum absolute atomic E-state index is 0.812. The van der Waals surface area contributed by atoms with Crippen LogP contribution in [0.2, 0.25) is 0 Å². The summed E-state index contributed by atoms with van der Waals surface area (Å²) in [6.45, 7) is 2.94. The first-order chi connectivity index (χ1) is 8.19. The molecule has 5 heteroatoms. The van der Waals surface area contributed by atoms with Gasteiger partial charge in [-0.05, 0) is 40.5 Å². The zero-order chi connectivity index (χ0) is 12.3. The van der Waals surface area contributed by atoms with E-state index in [9.17, 15) is 0 Å². The van der Waals surface area contributed by atoms with Crippen molar-refractivity contribution < 1.29 is 0 Å². The van der Waals surface area contributed by atoms with Gasteiger partial charge in [0.25, 0.3) is 0 Å². The molecule has 0 radical (unpaired) electrons. The predicted octanol–water partition coefficient (Wildman–Crippen LogP) is 4.84. The van der Waals surface area contributed by atoms with Crippen molar-refractivity contribution in [1.29, 1.82) is 0 Å². The van der Waals surface area contributed by atoms with Gasteiger partial charge >= 0.3 is 0 Å². The van der Waals surface area contributed by atoms with Crippen molar-refractivity contribution in [3.05, 3.63) is 43.2 Å². The highest BCUT2D eigenvalue weighted by Gasteiger charge is 2.03. The first-order valence-electron chi connectivity index (χ1n) is 5.31. The van der Waals surface area contributed by atoms with Crippen LogP contribution >= 0.6 is 43.2 Å². The second-order valence-corrected chi connectivity index (χ2v) is 6.52. The van der Waals surface area contributed by atoms with Gasteiger partial charge in [-0.1, -0.05) is 22.9 Å². The average molecular weight is 376 g/mol. The summed E-state index contributed by atoms with van der Waals surface area (Å²) in [5.74, 6) is 0. The van der Waals surface area contributed by atoms with Crippen molar-refractivity contribution in [2.24, 2.45) is 0 Å². The summed E-state index contributed by atoms with van der Waals surface area (Å²) < 4.78 is 2.14. The third-order valence-corrected chi connectivity index (χ3v) is 4.61. The van der Waals surface area contributed by atoms with Crippen LogP contribution in [0.1, 0.15) is 16.8 Å². The molecule has 2 aromatic rings. The Morgan fingerprint density at radius 2 is 2.18 bits per heavy atom. The number of hydrogen-bond donors (Lipinski definition) is 1. The van der Waals surface area contributed by atoms with Crippen LogP contribution in [0.4, 0.5) is 5.69 Å². The molecule has 0 bridgehead atoms. The van der Waals surface area contributed by atoms with Gasteiger partial charge in [0.05, 0.1) is 11.6 Å². The molecular weight excluding hydrogens is 364 g/mol. The summed E-state index contributed by atoms with van der Waals surface area (Å²) in [7, 11) is 0. The Kier molecular flexibility index (Phi) is 4.59. The molecule has 1 N–H and O–H groups in total. The zero-order valence-corrected chi connectivity index (χ0v) is 13.3. The van der Waals surface area contributed by atoms with E-state index in [1.54, 1.807) is 11.3 Å². The maximum absolute atomic E-state index is 4.34. The van der Waals surface area contributed by atoms with Gasteiger partial charge in [0.1, 0.15) is 0 Å². The zero-order valence-electron chi connectivity index (χ0n) is 9.34. The Labute approximate surface area is 122 Å². The summed E-state index contributed by atoms with van der Waals surface area (Å²) in [5, 5.41) is 4.59. The number of anilines is 1. The number of nitrogens with zero attached hydrogens (tertiary/aromatic N) is 1. The van der Waals surface area contributed by atoms with Gasteiger partial charge in [0.15, 0.2) is 0 Å². The molecule has 17 heavy (non-hydrogen) atoms. The fourth-order valence-electron chi connectivity index (χ4n) is 1.41. The molecule has 0 aliphatic carbocycles. The lowest BCUT2D eigenvalue weighted by Gasteiger charge is -2.07. The van der Waals surface area contributed by atoms with Crippen LogP contribution in [0.15, 0.2) is 33.3 Å². The predicted molar refractivity (Wildman–Crippen MR) is 80.7 cm³/mol. The van der Waals surface area contributed by atoms with Crippen LogP contribution < -0.4 is 5.32 Å². The highest BCUT2D eigenvalue weighted by molar-refractivity contribution is 9.11. The summed E-state index contributed by atoms with van der Waals surface area (Å²) in [6.07, 6.45) is 2.95. The third kappa shape index (κ3) is 3.53. The molecule has 0 aliphatic heterocycles. The number of nitrogens with one attached hydrogen (secondary N) is 1. The lowest BCUT2D eigenvalue weighted by molar-refractivity contribution is 1.09. The minimum atomic E-state index is 0.812. The summed E-state index contributed by atoms with van der Waals surface area (Å²) in [4.78, 5) is 5.60. The fourth-order valence-corrected chi connectivity index (χ4v) is 2.96. The van der Waals surface area contributed by atoms with Gasteiger partial charge in [-0.2, -0.15) is 0 Å². The van der Waals surface area contributed by atoms with Crippen molar-refractivity contribution >= 4 is 48.9 Å².